The van der Waals surface area contributed by atoms with E-state index in [-0.39, 0.29) is 0 Å². The van der Waals surface area contributed by atoms with Gasteiger partial charge >= 0.3 is 0 Å². The zero-order valence-corrected chi connectivity index (χ0v) is 7.32. The summed E-state index contributed by atoms with van der Waals surface area (Å²) in [5.74, 6) is 0. The number of aldehydes is 1. The van der Waals surface area contributed by atoms with E-state index < -0.39 is 0 Å². The first-order chi connectivity index (χ1) is 5.77. The summed E-state index contributed by atoms with van der Waals surface area (Å²) in [5.41, 5.74) is 1.51. The lowest BCUT2D eigenvalue weighted by Gasteiger charge is -2.15. The molecule has 0 radical (unpaired) electrons. The maximum atomic E-state index is 10.3. The van der Waals surface area contributed by atoms with Crippen LogP contribution >= 0.6 is 0 Å². The van der Waals surface area contributed by atoms with Gasteiger partial charge in [-0.05, 0) is 19.1 Å². The van der Waals surface area contributed by atoms with Gasteiger partial charge in [0.1, 0.15) is 5.69 Å². The Labute approximate surface area is 72.0 Å². The highest BCUT2D eigenvalue weighted by molar-refractivity contribution is 5.72. The molecule has 0 fully saturated rings. The van der Waals surface area contributed by atoms with Gasteiger partial charge in [-0.2, -0.15) is 0 Å². The molecule has 1 aromatic heterocycles. The van der Waals surface area contributed by atoms with Crippen molar-refractivity contribution in [2.24, 2.45) is 0 Å². The van der Waals surface area contributed by atoms with Crippen LogP contribution in [0, 0.1) is 0 Å². The largest absolute Gasteiger partial charge is 0.374 e. The van der Waals surface area contributed by atoms with Crippen LogP contribution in [-0.2, 0) is 0 Å². The molecule has 0 aliphatic rings. The molecule has 0 unspecified atom stereocenters. The third-order valence-corrected chi connectivity index (χ3v) is 1.81. The predicted octanol–water partition coefficient (Wildman–Crippen LogP) is 1.35. The van der Waals surface area contributed by atoms with Crippen LogP contribution < -0.4 is 4.90 Å². The smallest absolute Gasteiger partial charge is 0.168 e. The van der Waals surface area contributed by atoms with Gasteiger partial charge in [0.15, 0.2) is 6.29 Å². The van der Waals surface area contributed by atoms with E-state index in [0.29, 0.717) is 5.69 Å². The van der Waals surface area contributed by atoms with Crippen molar-refractivity contribution in [1.82, 2.24) is 4.98 Å². The summed E-state index contributed by atoms with van der Waals surface area (Å²) in [6.07, 6.45) is 2.45. The molecule has 64 valence electrons. The molecule has 0 aliphatic carbocycles. The fourth-order valence-electron chi connectivity index (χ4n) is 0.876. The van der Waals surface area contributed by atoms with E-state index in [2.05, 4.69) is 16.8 Å². The molecule has 0 aromatic carbocycles. The Kier molecular flexibility index (Phi) is 2.80. The van der Waals surface area contributed by atoms with Crippen LogP contribution in [0.5, 0.6) is 0 Å². The molecule has 0 N–H and O–H groups in total. The Morgan fingerprint density at radius 3 is 2.75 bits per heavy atom. The van der Waals surface area contributed by atoms with Crippen LogP contribution in [0.25, 0.3) is 0 Å². The lowest BCUT2D eigenvalue weighted by atomic mass is 10.3. The molecule has 0 atom stereocenters. The van der Waals surface area contributed by atoms with Crippen LogP contribution in [0.15, 0.2) is 18.3 Å². The Morgan fingerprint density at radius 1 is 1.58 bits per heavy atom. The van der Waals surface area contributed by atoms with E-state index in [0.717, 1.165) is 18.5 Å². The van der Waals surface area contributed by atoms with E-state index in [9.17, 15) is 4.79 Å². The maximum absolute atomic E-state index is 10.3. The van der Waals surface area contributed by atoms with Crippen LogP contribution in [0.4, 0.5) is 5.69 Å². The fraction of sp³-hybridized carbons (Fsp3) is 0.333. The predicted molar refractivity (Wildman–Crippen MR) is 48.6 cm³/mol. The molecule has 1 aromatic rings. The highest BCUT2D eigenvalue weighted by Gasteiger charge is 1.97. The standard InChI is InChI=1S/C9H12N2O/c1-3-11(2)9-5-4-8(7-12)10-6-9/h4-7H,3H2,1-2H3. The van der Waals surface area contributed by atoms with Crippen molar-refractivity contribution in [3.63, 3.8) is 0 Å². The summed E-state index contributed by atoms with van der Waals surface area (Å²) in [5, 5.41) is 0. The Morgan fingerprint density at radius 2 is 2.33 bits per heavy atom. The van der Waals surface area contributed by atoms with E-state index in [4.69, 9.17) is 0 Å². The van der Waals surface area contributed by atoms with Crippen molar-refractivity contribution in [2.45, 2.75) is 6.92 Å². The van der Waals surface area contributed by atoms with Crippen molar-refractivity contribution in [3.05, 3.63) is 24.0 Å². The number of pyridine rings is 1. The Balaban J connectivity index is 2.84. The minimum atomic E-state index is 0.475. The van der Waals surface area contributed by atoms with Gasteiger partial charge in [0.25, 0.3) is 0 Å². The summed E-state index contributed by atoms with van der Waals surface area (Å²) in [6.45, 7) is 3.00. The lowest BCUT2D eigenvalue weighted by molar-refractivity contribution is 0.111. The molecular formula is C9H12N2O. The molecule has 1 rings (SSSR count). The molecule has 12 heavy (non-hydrogen) atoms. The van der Waals surface area contributed by atoms with E-state index >= 15 is 0 Å². The number of hydrogen-bond acceptors (Lipinski definition) is 3. The Hall–Kier alpha value is -1.38. The maximum Gasteiger partial charge on any atom is 0.168 e. The fourth-order valence-corrected chi connectivity index (χ4v) is 0.876. The average molecular weight is 164 g/mol. The van der Waals surface area contributed by atoms with Crippen LogP contribution in [0.2, 0.25) is 0 Å². The summed E-state index contributed by atoms with van der Waals surface area (Å²) in [6, 6.07) is 3.61. The van der Waals surface area contributed by atoms with Gasteiger partial charge in [-0.25, -0.2) is 0 Å². The molecule has 0 spiro atoms. The number of hydrogen-bond donors (Lipinski definition) is 0. The van der Waals surface area contributed by atoms with Crippen LogP contribution in [0.1, 0.15) is 17.4 Å². The molecule has 0 aliphatic heterocycles. The van der Waals surface area contributed by atoms with Crippen molar-refractivity contribution >= 4 is 12.0 Å². The van der Waals surface area contributed by atoms with Gasteiger partial charge in [-0.3, -0.25) is 9.78 Å². The number of anilines is 1. The Bertz CT molecular complexity index is 256. The molecule has 0 amide bonds. The van der Waals surface area contributed by atoms with Crippen molar-refractivity contribution < 1.29 is 4.79 Å². The highest BCUT2D eigenvalue weighted by Crippen LogP contribution is 2.09. The topological polar surface area (TPSA) is 33.2 Å². The highest BCUT2D eigenvalue weighted by atomic mass is 16.1. The number of carbonyl (C=O) groups is 1. The summed E-state index contributed by atoms with van der Waals surface area (Å²) < 4.78 is 0. The molecule has 0 bridgehead atoms. The second kappa shape index (κ2) is 3.85. The third-order valence-electron chi connectivity index (χ3n) is 1.81. The van der Waals surface area contributed by atoms with Gasteiger partial charge < -0.3 is 4.90 Å². The van der Waals surface area contributed by atoms with Gasteiger partial charge in [0.2, 0.25) is 0 Å². The second-order valence-electron chi connectivity index (χ2n) is 2.57. The normalized spacial score (nSPS) is 9.50. The summed E-state index contributed by atoms with van der Waals surface area (Å²) in [7, 11) is 1.98. The third kappa shape index (κ3) is 1.81. The number of rotatable bonds is 3. The van der Waals surface area contributed by atoms with E-state index in [1.54, 1.807) is 12.3 Å². The first-order valence-corrected chi connectivity index (χ1v) is 3.90. The first kappa shape index (κ1) is 8.71. The minimum Gasteiger partial charge on any atom is -0.374 e. The zero-order chi connectivity index (χ0) is 8.97. The minimum absolute atomic E-state index is 0.475. The van der Waals surface area contributed by atoms with Crippen molar-refractivity contribution in [2.75, 3.05) is 18.5 Å². The zero-order valence-electron chi connectivity index (χ0n) is 7.32. The SMILES string of the molecule is CCN(C)c1ccc(C=O)nc1. The molecular weight excluding hydrogens is 152 g/mol. The quantitative estimate of drug-likeness (QED) is 0.632. The van der Waals surface area contributed by atoms with Gasteiger partial charge in [-0.1, -0.05) is 0 Å². The monoisotopic (exact) mass is 164 g/mol. The lowest BCUT2D eigenvalue weighted by Crippen LogP contribution is -2.15. The number of nitrogens with zero attached hydrogens (tertiary/aromatic N) is 2. The summed E-state index contributed by atoms with van der Waals surface area (Å²) >= 11 is 0. The molecule has 1 heterocycles. The molecule has 0 saturated heterocycles. The first-order valence-electron chi connectivity index (χ1n) is 3.90. The van der Waals surface area contributed by atoms with Crippen molar-refractivity contribution in [3.8, 4) is 0 Å². The van der Waals surface area contributed by atoms with E-state index in [1.165, 1.54) is 0 Å². The molecule has 3 heteroatoms. The van der Waals surface area contributed by atoms with Gasteiger partial charge in [0.05, 0.1) is 11.9 Å². The average Bonchev–Trinajstić information content (AvgIpc) is 2.17. The number of carbonyl (C=O) groups excluding carboxylic acids is 1. The van der Waals surface area contributed by atoms with Crippen molar-refractivity contribution in [1.29, 1.82) is 0 Å². The van der Waals surface area contributed by atoms with Gasteiger partial charge in [-0.15, -0.1) is 0 Å². The van der Waals surface area contributed by atoms with Crippen LogP contribution in [0.3, 0.4) is 0 Å². The summed E-state index contributed by atoms with van der Waals surface area (Å²) in [4.78, 5) is 16.3. The van der Waals surface area contributed by atoms with E-state index in [1.807, 2.05) is 13.1 Å². The number of aromatic nitrogens is 1. The molecule has 0 saturated carbocycles. The molecule has 3 nitrogen and oxygen atoms in total. The van der Waals surface area contributed by atoms with Crippen LogP contribution in [-0.4, -0.2) is 24.9 Å². The second-order valence-corrected chi connectivity index (χ2v) is 2.57. The van der Waals surface area contributed by atoms with Gasteiger partial charge in [0, 0.05) is 13.6 Å².